The Labute approximate surface area is 169 Å². The molecule has 0 radical (unpaired) electrons. The number of rotatable bonds is 4. The molecule has 0 saturated heterocycles. The molecule has 26 heavy (non-hydrogen) atoms. The molecule has 1 N–H and O–H groups in total. The fourth-order valence-electron chi connectivity index (χ4n) is 2.35. The average molecular weight is 452 g/mol. The quantitative estimate of drug-likeness (QED) is 0.522. The largest absolute Gasteiger partial charge is 0.496 e. The zero-order valence-electron chi connectivity index (χ0n) is 13.6. The lowest BCUT2D eigenvalue weighted by Gasteiger charge is -2.10. The number of nitrogens with one attached hydrogen (secondary N) is 1. The molecule has 1 heterocycles. The molecule has 0 spiro atoms. The van der Waals surface area contributed by atoms with Crippen molar-refractivity contribution in [2.24, 2.45) is 0 Å². The van der Waals surface area contributed by atoms with Crippen molar-refractivity contribution in [1.82, 2.24) is 4.98 Å². The van der Waals surface area contributed by atoms with Gasteiger partial charge in [-0.05, 0) is 64.5 Å². The molecule has 2 aromatic carbocycles. The van der Waals surface area contributed by atoms with Crippen LogP contribution in [0.1, 0.15) is 10.4 Å². The summed E-state index contributed by atoms with van der Waals surface area (Å²) in [5, 5.41) is 3.89. The van der Waals surface area contributed by atoms with Crippen LogP contribution in [-0.4, -0.2) is 18.0 Å². The Morgan fingerprint density at radius 2 is 1.92 bits per heavy atom. The van der Waals surface area contributed by atoms with Gasteiger partial charge in [0, 0.05) is 26.9 Å². The van der Waals surface area contributed by atoms with E-state index in [-0.39, 0.29) is 5.91 Å². The Morgan fingerprint density at radius 1 is 1.12 bits per heavy atom. The number of aromatic nitrogens is 1. The van der Waals surface area contributed by atoms with Crippen LogP contribution >= 0.6 is 39.1 Å². The van der Waals surface area contributed by atoms with Crippen LogP contribution in [0.3, 0.4) is 0 Å². The maximum absolute atomic E-state index is 12.4. The van der Waals surface area contributed by atoms with Crippen molar-refractivity contribution < 1.29 is 9.53 Å². The summed E-state index contributed by atoms with van der Waals surface area (Å²) in [6.07, 6.45) is 1.51. The van der Waals surface area contributed by atoms with Gasteiger partial charge < -0.3 is 10.1 Å². The molecule has 0 aliphatic heterocycles. The summed E-state index contributed by atoms with van der Waals surface area (Å²) in [6, 6.07) is 13.9. The van der Waals surface area contributed by atoms with Crippen molar-refractivity contribution in [2.45, 2.75) is 0 Å². The molecule has 4 nitrogen and oxygen atoms in total. The number of halogens is 3. The Balaban J connectivity index is 1.82. The summed E-state index contributed by atoms with van der Waals surface area (Å²) in [5.41, 5.74) is 2.44. The second-order valence-corrected chi connectivity index (χ2v) is 7.06. The minimum atomic E-state index is -0.277. The predicted molar refractivity (Wildman–Crippen MR) is 108 cm³/mol. The molecule has 0 fully saturated rings. The average Bonchev–Trinajstić information content (AvgIpc) is 2.65. The zero-order chi connectivity index (χ0) is 18.7. The Kier molecular flexibility index (Phi) is 5.81. The van der Waals surface area contributed by atoms with Gasteiger partial charge in [0.1, 0.15) is 5.75 Å². The lowest BCUT2D eigenvalue weighted by molar-refractivity contribution is 0.102. The Bertz CT molecular complexity index is 962. The van der Waals surface area contributed by atoms with Crippen LogP contribution < -0.4 is 10.1 Å². The Hall–Kier alpha value is -2.08. The minimum Gasteiger partial charge on any atom is -0.496 e. The van der Waals surface area contributed by atoms with Gasteiger partial charge in [0.15, 0.2) is 0 Å². The zero-order valence-corrected chi connectivity index (χ0v) is 16.7. The highest BCUT2D eigenvalue weighted by atomic mass is 79.9. The standard InChI is InChI=1S/C19H13BrCl2N2O2/c1-26-18-7-3-12(21)8-14(18)17-6-2-11(10-23-17)19(25)24-13-4-5-15(20)16(22)9-13/h2-10H,1H3,(H,24,25). The van der Waals surface area contributed by atoms with E-state index in [1.807, 2.05) is 0 Å². The van der Waals surface area contributed by atoms with Gasteiger partial charge >= 0.3 is 0 Å². The smallest absolute Gasteiger partial charge is 0.257 e. The van der Waals surface area contributed by atoms with E-state index in [2.05, 4.69) is 26.2 Å². The second-order valence-electron chi connectivity index (χ2n) is 5.36. The van der Waals surface area contributed by atoms with Gasteiger partial charge in [-0.15, -0.1) is 0 Å². The molecule has 0 aliphatic rings. The third-order valence-electron chi connectivity index (χ3n) is 3.64. The van der Waals surface area contributed by atoms with Gasteiger partial charge in [0.2, 0.25) is 0 Å². The number of carbonyl (C=O) groups is 1. The van der Waals surface area contributed by atoms with Crippen molar-refractivity contribution in [3.8, 4) is 17.0 Å². The lowest BCUT2D eigenvalue weighted by Crippen LogP contribution is -2.12. The van der Waals surface area contributed by atoms with Crippen LogP contribution in [0.4, 0.5) is 5.69 Å². The molecule has 0 bridgehead atoms. The van der Waals surface area contributed by atoms with Crippen LogP contribution in [-0.2, 0) is 0 Å². The molecule has 0 unspecified atom stereocenters. The first-order valence-corrected chi connectivity index (χ1v) is 9.09. The molecular weight excluding hydrogens is 439 g/mol. The third kappa shape index (κ3) is 4.18. The number of methoxy groups -OCH3 is 1. The molecule has 3 aromatic rings. The number of nitrogens with zero attached hydrogens (tertiary/aromatic N) is 1. The van der Waals surface area contributed by atoms with Crippen molar-refractivity contribution in [2.75, 3.05) is 12.4 Å². The van der Waals surface area contributed by atoms with Gasteiger partial charge in [-0.1, -0.05) is 23.2 Å². The number of amides is 1. The van der Waals surface area contributed by atoms with E-state index in [0.29, 0.717) is 32.7 Å². The number of hydrogen-bond donors (Lipinski definition) is 1. The van der Waals surface area contributed by atoms with E-state index in [9.17, 15) is 4.79 Å². The van der Waals surface area contributed by atoms with Gasteiger partial charge in [-0.3, -0.25) is 9.78 Å². The van der Waals surface area contributed by atoms with Gasteiger partial charge in [-0.25, -0.2) is 0 Å². The molecule has 7 heteroatoms. The van der Waals surface area contributed by atoms with Crippen LogP contribution in [0, 0.1) is 0 Å². The monoisotopic (exact) mass is 450 g/mol. The molecular formula is C19H13BrCl2N2O2. The molecule has 132 valence electrons. The fraction of sp³-hybridized carbons (Fsp3) is 0.0526. The number of pyridine rings is 1. The first kappa shape index (κ1) is 18.7. The first-order valence-electron chi connectivity index (χ1n) is 7.54. The SMILES string of the molecule is COc1ccc(Cl)cc1-c1ccc(C(=O)Nc2ccc(Br)c(Cl)c2)cn1. The van der Waals surface area contributed by atoms with E-state index in [4.69, 9.17) is 27.9 Å². The third-order valence-corrected chi connectivity index (χ3v) is 5.11. The highest BCUT2D eigenvalue weighted by molar-refractivity contribution is 9.10. The number of ether oxygens (including phenoxy) is 1. The van der Waals surface area contributed by atoms with Crippen molar-refractivity contribution in [3.63, 3.8) is 0 Å². The highest BCUT2D eigenvalue weighted by Gasteiger charge is 2.11. The number of anilines is 1. The first-order chi connectivity index (χ1) is 12.5. The van der Waals surface area contributed by atoms with Crippen molar-refractivity contribution in [1.29, 1.82) is 0 Å². The molecule has 0 aliphatic carbocycles. The highest BCUT2D eigenvalue weighted by Crippen LogP contribution is 2.31. The van der Waals surface area contributed by atoms with Crippen molar-refractivity contribution >= 4 is 50.7 Å². The van der Waals surface area contributed by atoms with Crippen LogP contribution in [0.15, 0.2) is 59.2 Å². The predicted octanol–water partition coefficient (Wildman–Crippen LogP) is 6.08. The molecule has 3 rings (SSSR count). The number of benzene rings is 2. The summed E-state index contributed by atoms with van der Waals surface area (Å²) in [4.78, 5) is 16.7. The minimum absolute atomic E-state index is 0.277. The van der Waals surface area contributed by atoms with Crippen molar-refractivity contribution in [3.05, 3.63) is 74.8 Å². The lowest BCUT2D eigenvalue weighted by atomic mass is 10.1. The normalized spacial score (nSPS) is 10.5. The Morgan fingerprint density at radius 3 is 2.58 bits per heavy atom. The maximum Gasteiger partial charge on any atom is 0.257 e. The summed E-state index contributed by atoms with van der Waals surface area (Å²) >= 11 is 15.4. The number of carbonyl (C=O) groups excluding carboxylic acids is 1. The van der Waals surface area contributed by atoms with E-state index in [1.165, 1.54) is 6.20 Å². The van der Waals surface area contributed by atoms with Gasteiger partial charge in [0.25, 0.3) is 5.91 Å². The summed E-state index contributed by atoms with van der Waals surface area (Å²) < 4.78 is 6.10. The van der Waals surface area contributed by atoms with E-state index in [1.54, 1.807) is 55.6 Å². The fourth-order valence-corrected chi connectivity index (χ4v) is 2.94. The van der Waals surface area contributed by atoms with Crippen LogP contribution in [0.5, 0.6) is 5.75 Å². The summed E-state index contributed by atoms with van der Waals surface area (Å²) in [5.74, 6) is 0.379. The molecule has 0 saturated carbocycles. The second kappa shape index (κ2) is 8.08. The van der Waals surface area contributed by atoms with Gasteiger partial charge in [-0.2, -0.15) is 0 Å². The van der Waals surface area contributed by atoms with E-state index >= 15 is 0 Å². The molecule has 1 amide bonds. The number of hydrogen-bond acceptors (Lipinski definition) is 3. The molecule has 0 atom stereocenters. The van der Waals surface area contributed by atoms with Gasteiger partial charge in [0.05, 0.1) is 23.4 Å². The van der Waals surface area contributed by atoms with Crippen LogP contribution in [0.2, 0.25) is 10.0 Å². The molecule has 1 aromatic heterocycles. The topological polar surface area (TPSA) is 51.2 Å². The summed E-state index contributed by atoms with van der Waals surface area (Å²) in [6.45, 7) is 0. The maximum atomic E-state index is 12.4. The summed E-state index contributed by atoms with van der Waals surface area (Å²) in [7, 11) is 1.58. The van der Waals surface area contributed by atoms with E-state index < -0.39 is 0 Å². The van der Waals surface area contributed by atoms with E-state index in [0.717, 1.165) is 10.0 Å². The van der Waals surface area contributed by atoms with Crippen LogP contribution in [0.25, 0.3) is 11.3 Å².